The predicted molar refractivity (Wildman–Crippen MR) is 133 cm³/mol. The molecule has 0 heterocycles. The van der Waals surface area contributed by atoms with Crippen LogP contribution in [0.5, 0.6) is 0 Å². The van der Waals surface area contributed by atoms with Gasteiger partial charge in [0.05, 0.1) is 12.0 Å². The third kappa shape index (κ3) is 3.48. The summed E-state index contributed by atoms with van der Waals surface area (Å²) in [6.45, 7) is 12.6. The molecule has 4 fully saturated rings. The Balaban J connectivity index is 1.48. The minimum atomic E-state index is -0.653. The lowest BCUT2D eigenvalue weighted by molar-refractivity contribution is -0.174. The highest BCUT2D eigenvalue weighted by molar-refractivity contribution is 5.95. The van der Waals surface area contributed by atoms with Crippen molar-refractivity contribution >= 4 is 11.8 Å². The molecule has 0 aromatic carbocycles. The molecule has 4 nitrogen and oxygen atoms in total. The van der Waals surface area contributed by atoms with Crippen LogP contribution in [-0.2, 0) is 14.3 Å². The average Bonchev–Trinajstić information content (AvgIpc) is 2.77. The molecule has 4 heteroatoms. The minimum absolute atomic E-state index is 0.000740. The molecule has 0 bridgehead atoms. The molecule has 5 aliphatic carbocycles. The Kier molecular flexibility index (Phi) is 6.10. The lowest BCUT2D eigenvalue weighted by atomic mass is 9.38. The Morgan fingerprint density at radius 2 is 1.74 bits per heavy atom. The van der Waals surface area contributed by atoms with E-state index in [1.807, 2.05) is 0 Å². The van der Waals surface area contributed by atoms with Gasteiger partial charge >= 0.3 is 5.97 Å². The molecule has 0 radical (unpaired) electrons. The Morgan fingerprint density at radius 1 is 1.03 bits per heavy atom. The molecule has 4 saturated carbocycles. The predicted octanol–water partition coefficient (Wildman–Crippen LogP) is 6.68. The first-order valence-corrected chi connectivity index (χ1v) is 14.1. The van der Waals surface area contributed by atoms with Crippen molar-refractivity contribution < 1.29 is 19.4 Å². The molecule has 0 saturated heterocycles. The smallest absolute Gasteiger partial charge is 0.306 e. The topological polar surface area (TPSA) is 63.6 Å². The van der Waals surface area contributed by atoms with Crippen LogP contribution in [0.1, 0.15) is 98.8 Å². The van der Waals surface area contributed by atoms with Gasteiger partial charge in [0.1, 0.15) is 0 Å². The standard InChI is InChI=1S/C30H46O4/c1-6-15-34-25-10-14-29(4)21(18(25)2)9-13-30(5)22-8-12-28(3)11-7-19(27(32)33)16-23(28)20(22)17-24(31)26(29)30/h17-19,21-23,25-26H,6-16H2,1-5H3,(H,32,33)/t18?,19-,21?,22?,23?,25?,26?,28?,29?,30?/m0/s1. The van der Waals surface area contributed by atoms with Gasteiger partial charge in [-0.1, -0.05) is 40.2 Å². The molecule has 34 heavy (non-hydrogen) atoms. The summed E-state index contributed by atoms with van der Waals surface area (Å²) in [5.74, 6) is 1.25. The SMILES string of the molecule is CCCOC1CCC2(C)C(CCC3(C)C4CCC5(C)CC[C@H](C(=O)O)CC5C4=CC(=O)C32)C1C. The summed E-state index contributed by atoms with van der Waals surface area (Å²) >= 11 is 0. The van der Waals surface area contributed by atoms with E-state index in [0.29, 0.717) is 29.6 Å². The molecule has 190 valence electrons. The van der Waals surface area contributed by atoms with Gasteiger partial charge in [-0.05, 0) is 110 Å². The van der Waals surface area contributed by atoms with Gasteiger partial charge in [0.25, 0.3) is 0 Å². The number of hydrogen-bond donors (Lipinski definition) is 1. The van der Waals surface area contributed by atoms with Crippen molar-refractivity contribution in [3.8, 4) is 0 Å². The van der Waals surface area contributed by atoms with Gasteiger partial charge in [0, 0.05) is 12.5 Å². The number of carboxylic acid groups (broad SMARTS) is 1. The third-order valence-electron chi connectivity index (χ3n) is 11.9. The van der Waals surface area contributed by atoms with Crippen molar-refractivity contribution in [1.29, 1.82) is 0 Å². The van der Waals surface area contributed by atoms with Crippen LogP contribution in [0.4, 0.5) is 0 Å². The van der Waals surface area contributed by atoms with Crippen LogP contribution < -0.4 is 0 Å². The number of ketones is 1. The van der Waals surface area contributed by atoms with E-state index < -0.39 is 5.97 Å². The van der Waals surface area contributed by atoms with Gasteiger partial charge in [0.15, 0.2) is 5.78 Å². The summed E-state index contributed by atoms with van der Waals surface area (Å²) in [5, 5.41) is 9.77. The number of rotatable bonds is 4. The van der Waals surface area contributed by atoms with Crippen molar-refractivity contribution in [2.24, 2.45) is 51.8 Å². The van der Waals surface area contributed by atoms with Crippen LogP contribution in [0.25, 0.3) is 0 Å². The van der Waals surface area contributed by atoms with Crippen LogP contribution >= 0.6 is 0 Å². The number of carbonyl (C=O) groups excluding carboxylic acids is 1. The van der Waals surface area contributed by atoms with E-state index in [1.165, 1.54) is 18.4 Å². The highest BCUT2D eigenvalue weighted by atomic mass is 16.5. The second-order valence-corrected chi connectivity index (χ2v) is 13.6. The zero-order valence-electron chi connectivity index (χ0n) is 22.1. The van der Waals surface area contributed by atoms with E-state index in [0.717, 1.165) is 58.0 Å². The van der Waals surface area contributed by atoms with Gasteiger partial charge in [-0.15, -0.1) is 0 Å². The summed E-state index contributed by atoms with van der Waals surface area (Å²) < 4.78 is 6.27. The van der Waals surface area contributed by atoms with Crippen molar-refractivity contribution in [1.82, 2.24) is 0 Å². The number of fused-ring (bicyclic) bond motifs is 7. The van der Waals surface area contributed by atoms with Gasteiger partial charge in [-0.3, -0.25) is 9.59 Å². The molecule has 9 unspecified atom stereocenters. The van der Waals surface area contributed by atoms with Crippen LogP contribution in [0.15, 0.2) is 11.6 Å². The molecule has 5 rings (SSSR count). The van der Waals surface area contributed by atoms with Gasteiger partial charge in [-0.2, -0.15) is 0 Å². The summed E-state index contributed by atoms with van der Waals surface area (Å²) in [4.78, 5) is 26.0. The van der Waals surface area contributed by atoms with Crippen LogP contribution in [0, 0.1) is 51.8 Å². The fourth-order valence-corrected chi connectivity index (χ4v) is 10.1. The first kappa shape index (κ1) is 24.5. The highest BCUT2D eigenvalue weighted by Crippen LogP contribution is 2.69. The maximum Gasteiger partial charge on any atom is 0.306 e. The minimum Gasteiger partial charge on any atom is -0.481 e. The number of carbonyl (C=O) groups is 2. The van der Waals surface area contributed by atoms with Crippen LogP contribution in [0.2, 0.25) is 0 Å². The zero-order chi connectivity index (χ0) is 24.5. The summed E-state index contributed by atoms with van der Waals surface area (Å²) in [5.41, 5.74) is 1.52. The van der Waals surface area contributed by atoms with Crippen molar-refractivity contribution in [3.05, 3.63) is 11.6 Å². The summed E-state index contributed by atoms with van der Waals surface area (Å²) in [7, 11) is 0. The number of aliphatic carboxylic acids is 1. The molecule has 0 aliphatic heterocycles. The van der Waals surface area contributed by atoms with E-state index in [4.69, 9.17) is 4.74 Å². The maximum absolute atomic E-state index is 14.1. The van der Waals surface area contributed by atoms with E-state index in [-0.39, 0.29) is 34.0 Å². The fourth-order valence-electron chi connectivity index (χ4n) is 10.1. The normalized spacial score (nSPS) is 50.3. The summed E-state index contributed by atoms with van der Waals surface area (Å²) in [6, 6.07) is 0. The molecular weight excluding hydrogens is 424 g/mol. The van der Waals surface area contributed by atoms with E-state index in [9.17, 15) is 14.7 Å². The van der Waals surface area contributed by atoms with Gasteiger partial charge in [-0.25, -0.2) is 0 Å². The van der Waals surface area contributed by atoms with Crippen molar-refractivity contribution in [2.75, 3.05) is 6.61 Å². The van der Waals surface area contributed by atoms with Crippen molar-refractivity contribution in [3.63, 3.8) is 0 Å². The Bertz CT molecular complexity index is 877. The Morgan fingerprint density at radius 3 is 2.44 bits per heavy atom. The molecule has 0 aromatic heterocycles. The van der Waals surface area contributed by atoms with Crippen molar-refractivity contribution in [2.45, 2.75) is 105 Å². The lowest BCUT2D eigenvalue weighted by Crippen LogP contribution is -2.62. The van der Waals surface area contributed by atoms with Crippen LogP contribution in [-0.4, -0.2) is 29.6 Å². The first-order valence-electron chi connectivity index (χ1n) is 14.1. The molecular formula is C30H46O4. The molecule has 0 spiro atoms. The Labute approximate surface area is 206 Å². The monoisotopic (exact) mass is 470 g/mol. The fraction of sp³-hybridized carbons (Fsp3) is 0.867. The zero-order valence-corrected chi connectivity index (χ0v) is 22.1. The third-order valence-corrected chi connectivity index (χ3v) is 11.9. The van der Waals surface area contributed by atoms with Crippen LogP contribution in [0.3, 0.4) is 0 Å². The quantitative estimate of drug-likeness (QED) is 0.498. The van der Waals surface area contributed by atoms with Gasteiger partial charge < -0.3 is 9.84 Å². The van der Waals surface area contributed by atoms with E-state index in [2.05, 4.69) is 40.7 Å². The average molecular weight is 471 g/mol. The molecule has 1 N–H and O–H groups in total. The second-order valence-electron chi connectivity index (χ2n) is 13.6. The molecule has 5 aliphatic rings. The maximum atomic E-state index is 14.1. The second kappa shape index (κ2) is 8.46. The largest absolute Gasteiger partial charge is 0.481 e. The number of hydrogen-bond acceptors (Lipinski definition) is 3. The molecule has 10 atom stereocenters. The van der Waals surface area contributed by atoms with Gasteiger partial charge in [0.2, 0.25) is 0 Å². The lowest BCUT2D eigenvalue weighted by Gasteiger charge is -2.65. The highest BCUT2D eigenvalue weighted by Gasteiger charge is 2.65. The van der Waals surface area contributed by atoms with E-state index in [1.54, 1.807) is 0 Å². The Hall–Kier alpha value is -1.16. The molecule has 0 amide bonds. The number of carboxylic acids is 1. The van der Waals surface area contributed by atoms with E-state index >= 15 is 0 Å². The number of ether oxygens (including phenoxy) is 1. The first-order chi connectivity index (χ1) is 16.0. The number of allylic oxidation sites excluding steroid dienone is 2. The summed E-state index contributed by atoms with van der Waals surface area (Å²) in [6.07, 6.45) is 12.7. The molecule has 0 aromatic rings.